The van der Waals surface area contributed by atoms with Gasteiger partial charge in [-0.1, -0.05) is 18.2 Å². The second-order valence-electron chi connectivity index (χ2n) is 7.64. The first-order chi connectivity index (χ1) is 12.7. The summed E-state index contributed by atoms with van der Waals surface area (Å²) in [5, 5.41) is 6.75. The molecule has 1 aromatic carbocycles. The highest BCUT2D eigenvalue weighted by Gasteiger charge is 2.45. The summed E-state index contributed by atoms with van der Waals surface area (Å²) in [7, 11) is 0. The molecule has 1 heterocycles. The van der Waals surface area contributed by atoms with Crippen LogP contribution in [0.3, 0.4) is 0 Å². The summed E-state index contributed by atoms with van der Waals surface area (Å²) in [6.07, 6.45) is 7.14. The largest absolute Gasteiger partial charge is 0.357 e. The van der Waals surface area contributed by atoms with Crippen LogP contribution in [-0.2, 0) is 5.41 Å². The van der Waals surface area contributed by atoms with E-state index in [1.165, 1.54) is 38.9 Å². The summed E-state index contributed by atoms with van der Waals surface area (Å²) in [5.41, 5.74) is 0.730. The Morgan fingerprint density at radius 3 is 2.56 bits per heavy atom. The molecule has 152 valence electrons. The standard InChI is InChI=1S/C21H33FN4.HI/c1-2-23-20(24-13-5-6-14-26-15-7-8-16-26)25-17-21(11-12-21)18-9-3-4-10-19(18)22;/h3-4,9-10H,2,5-8,11-17H2,1H3,(H2,23,24,25);1H. The van der Waals surface area contributed by atoms with Crippen molar-refractivity contribution < 1.29 is 4.39 Å². The maximum Gasteiger partial charge on any atom is 0.191 e. The van der Waals surface area contributed by atoms with E-state index >= 15 is 0 Å². The van der Waals surface area contributed by atoms with Crippen LogP contribution in [0.5, 0.6) is 0 Å². The number of aliphatic imine (C=N–C) groups is 1. The first-order valence-electron chi connectivity index (χ1n) is 10.2. The van der Waals surface area contributed by atoms with Crippen LogP contribution in [0.15, 0.2) is 29.3 Å². The molecule has 0 spiro atoms. The average Bonchev–Trinajstić information content (AvgIpc) is 3.25. The first-order valence-corrected chi connectivity index (χ1v) is 10.2. The minimum absolute atomic E-state index is 0. The number of hydrogen-bond donors (Lipinski definition) is 2. The average molecular weight is 488 g/mol. The Kier molecular flexibility index (Phi) is 9.29. The number of benzene rings is 1. The van der Waals surface area contributed by atoms with E-state index in [2.05, 4.69) is 22.5 Å². The van der Waals surface area contributed by atoms with Gasteiger partial charge in [-0.05, 0) is 76.7 Å². The topological polar surface area (TPSA) is 39.7 Å². The van der Waals surface area contributed by atoms with Crippen molar-refractivity contribution in [3.05, 3.63) is 35.6 Å². The van der Waals surface area contributed by atoms with Gasteiger partial charge in [-0.25, -0.2) is 4.39 Å². The van der Waals surface area contributed by atoms with Gasteiger partial charge >= 0.3 is 0 Å². The van der Waals surface area contributed by atoms with Crippen LogP contribution < -0.4 is 10.6 Å². The van der Waals surface area contributed by atoms with Gasteiger partial charge in [0.1, 0.15) is 5.82 Å². The molecule has 0 radical (unpaired) electrons. The van der Waals surface area contributed by atoms with Crippen molar-refractivity contribution in [1.29, 1.82) is 0 Å². The molecule has 2 aliphatic rings. The van der Waals surface area contributed by atoms with Gasteiger partial charge in [0.15, 0.2) is 5.96 Å². The molecule has 3 rings (SSSR count). The molecule has 6 heteroatoms. The van der Waals surface area contributed by atoms with Crippen molar-refractivity contribution in [2.24, 2.45) is 4.99 Å². The van der Waals surface area contributed by atoms with Gasteiger partial charge < -0.3 is 15.5 Å². The Balaban J connectivity index is 0.00000261. The monoisotopic (exact) mass is 488 g/mol. The van der Waals surface area contributed by atoms with Crippen molar-refractivity contribution >= 4 is 29.9 Å². The Morgan fingerprint density at radius 2 is 1.89 bits per heavy atom. The summed E-state index contributed by atoms with van der Waals surface area (Å²) < 4.78 is 14.1. The maximum atomic E-state index is 14.1. The van der Waals surface area contributed by atoms with Crippen LogP contribution in [0, 0.1) is 5.82 Å². The van der Waals surface area contributed by atoms with E-state index in [-0.39, 0.29) is 35.2 Å². The Labute approximate surface area is 180 Å². The Bertz CT molecular complexity index is 598. The number of nitrogens with one attached hydrogen (secondary N) is 2. The minimum atomic E-state index is -0.0972. The normalized spacial score (nSPS) is 18.8. The molecule has 1 saturated heterocycles. The van der Waals surface area contributed by atoms with Crippen LogP contribution in [0.2, 0.25) is 0 Å². The maximum absolute atomic E-state index is 14.1. The van der Waals surface area contributed by atoms with E-state index < -0.39 is 0 Å². The van der Waals surface area contributed by atoms with Gasteiger partial charge in [0, 0.05) is 18.5 Å². The SMILES string of the molecule is CCNC(=NCC1(c2ccccc2F)CC1)NCCCCN1CCCC1.I. The molecule has 4 nitrogen and oxygen atoms in total. The molecule has 0 aromatic heterocycles. The number of likely N-dealkylation sites (tertiary alicyclic amines) is 1. The summed E-state index contributed by atoms with van der Waals surface area (Å²) in [5.74, 6) is 0.761. The van der Waals surface area contributed by atoms with Gasteiger partial charge in [-0.15, -0.1) is 24.0 Å². The number of hydrogen-bond acceptors (Lipinski definition) is 2. The molecule has 2 N–H and O–H groups in total. The lowest BCUT2D eigenvalue weighted by Gasteiger charge is -2.17. The van der Waals surface area contributed by atoms with E-state index in [9.17, 15) is 4.39 Å². The number of nitrogens with zero attached hydrogens (tertiary/aromatic N) is 2. The third-order valence-corrected chi connectivity index (χ3v) is 5.58. The van der Waals surface area contributed by atoms with Gasteiger partial charge in [-0.3, -0.25) is 4.99 Å². The molecule has 1 aromatic rings. The molecule has 1 saturated carbocycles. The van der Waals surface area contributed by atoms with Crippen molar-refractivity contribution in [2.75, 3.05) is 39.3 Å². The second kappa shape index (κ2) is 11.2. The van der Waals surface area contributed by atoms with Gasteiger partial charge in [0.05, 0.1) is 6.54 Å². The molecule has 0 bridgehead atoms. The van der Waals surface area contributed by atoms with Crippen LogP contribution in [-0.4, -0.2) is 50.1 Å². The molecule has 27 heavy (non-hydrogen) atoms. The third-order valence-electron chi connectivity index (χ3n) is 5.58. The molecule has 2 fully saturated rings. The third kappa shape index (κ3) is 6.59. The first kappa shape index (κ1) is 22.4. The van der Waals surface area contributed by atoms with Crippen LogP contribution in [0.25, 0.3) is 0 Å². The molecule has 0 atom stereocenters. The lowest BCUT2D eigenvalue weighted by Crippen LogP contribution is -2.38. The fourth-order valence-corrected chi connectivity index (χ4v) is 3.80. The van der Waals surface area contributed by atoms with Crippen molar-refractivity contribution in [3.63, 3.8) is 0 Å². The molecule has 1 aliphatic carbocycles. The Hall–Kier alpha value is -0.890. The van der Waals surface area contributed by atoms with Crippen molar-refractivity contribution in [1.82, 2.24) is 15.5 Å². The van der Waals surface area contributed by atoms with Gasteiger partial charge in [0.2, 0.25) is 0 Å². The lowest BCUT2D eigenvalue weighted by molar-refractivity contribution is 0.330. The number of halogens is 2. The van der Waals surface area contributed by atoms with E-state index in [4.69, 9.17) is 4.99 Å². The number of unbranched alkanes of at least 4 members (excludes halogenated alkanes) is 1. The highest BCUT2D eigenvalue weighted by Crippen LogP contribution is 2.49. The second-order valence-corrected chi connectivity index (χ2v) is 7.64. The smallest absolute Gasteiger partial charge is 0.191 e. The molecule has 0 unspecified atom stereocenters. The minimum Gasteiger partial charge on any atom is -0.357 e. The molecular formula is C21H34FIN4. The summed E-state index contributed by atoms with van der Waals surface area (Å²) in [6, 6.07) is 7.15. The highest BCUT2D eigenvalue weighted by atomic mass is 127. The van der Waals surface area contributed by atoms with E-state index in [1.807, 2.05) is 12.1 Å². The predicted octanol–water partition coefficient (Wildman–Crippen LogP) is 3.91. The number of guanidine groups is 1. The summed E-state index contributed by atoms with van der Waals surface area (Å²) in [4.78, 5) is 7.32. The van der Waals surface area contributed by atoms with Crippen LogP contribution in [0.1, 0.15) is 51.0 Å². The van der Waals surface area contributed by atoms with Crippen LogP contribution in [0.4, 0.5) is 4.39 Å². The van der Waals surface area contributed by atoms with E-state index in [0.29, 0.717) is 6.54 Å². The Morgan fingerprint density at radius 1 is 1.15 bits per heavy atom. The van der Waals surface area contributed by atoms with E-state index in [1.54, 1.807) is 12.1 Å². The molecular weight excluding hydrogens is 454 g/mol. The van der Waals surface area contributed by atoms with Crippen molar-refractivity contribution in [2.45, 2.75) is 50.9 Å². The van der Waals surface area contributed by atoms with Crippen molar-refractivity contribution in [3.8, 4) is 0 Å². The zero-order chi connectivity index (χ0) is 18.2. The number of rotatable bonds is 9. The van der Waals surface area contributed by atoms with Gasteiger partial charge in [-0.2, -0.15) is 0 Å². The fraction of sp³-hybridized carbons (Fsp3) is 0.667. The quantitative estimate of drug-likeness (QED) is 0.240. The fourth-order valence-electron chi connectivity index (χ4n) is 3.80. The predicted molar refractivity (Wildman–Crippen MR) is 122 cm³/mol. The zero-order valence-corrected chi connectivity index (χ0v) is 18.8. The summed E-state index contributed by atoms with van der Waals surface area (Å²) in [6.45, 7) is 8.27. The zero-order valence-electron chi connectivity index (χ0n) is 16.5. The lowest BCUT2D eigenvalue weighted by atomic mass is 9.95. The molecule has 1 aliphatic heterocycles. The summed E-state index contributed by atoms with van der Waals surface area (Å²) >= 11 is 0. The van der Waals surface area contributed by atoms with Gasteiger partial charge in [0.25, 0.3) is 0 Å². The van der Waals surface area contributed by atoms with E-state index in [0.717, 1.165) is 43.9 Å². The van der Waals surface area contributed by atoms with Crippen LogP contribution >= 0.6 is 24.0 Å². The molecule has 0 amide bonds. The highest BCUT2D eigenvalue weighted by molar-refractivity contribution is 14.0.